The number of methoxy groups -OCH3 is 2. The summed E-state index contributed by atoms with van der Waals surface area (Å²) in [7, 11) is -0.309. The maximum Gasteiger partial charge on any atom is 0.180 e. The van der Waals surface area contributed by atoms with E-state index in [1.807, 2.05) is 12.1 Å². The van der Waals surface area contributed by atoms with Crippen LogP contribution in [0.3, 0.4) is 0 Å². The molecule has 150 valence electrons. The van der Waals surface area contributed by atoms with Crippen molar-refractivity contribution in [2.24, 2.45) is 0 Å². The smallest absolute Gasteiger partial charge is 0.180 e. The number of halogens is 2. The first-order valence-corrected chi connectivity index (χ1v) is 10.2. The van der Waals surface area contributed by atoms with Gasteiger partial charge in [0.15, 0.2) is 9.84 Å². The van der Waals surface area contributed by atoms with Crippen LogP contribution in [-0.2, 0) is 14.6 Å². The van der Waals surface area contributed by atoms with Crippen molar-refractivity contribution in [2.75, 3.05) is 26.6 Å². The zero-order valence-corrected chi connectivity index (χ0v) is 17.7. The number of benzene rings is 2. The second-order valence-corrected chi connectivity index (χ2v) is 8.37. The predicted molar refractivity (Wildman–Crippen MR) is 112 cm³/mol. The molecule has 9 heteroatoms. The third-order valence-electron chi connectivity index (χ3n) is 4.11. The van der Waals surface area contributed by atoms with Gasteiger partial charge >= 0.3 is 0 Å². The zero-order valence-electron chi connectivity index (χ0n) is 15.3. The molecule has 0 saturated carbocycles. The standard InChI is InChI=1S/C19H19ClN2O4S.ClH/c1-25-9-10-27(23,24)15-6-3-13(4-7-15)17-12-18(22-21-17)14-5-8-19(26-2)16(20)11-14;/h3-8,11-12H,9-10H2,1-2H3,(H,21,22);1H. The highest BCUT2D eigenvalue weighted by atomic mass is 35.5. The second kappa shape index (κ2) is 9.43. The molecule has 3 rings (SSSR count). The van der Waals surface area contributed by atoms with Crippen molar-refractivity contribution in [1.29, 1.82) is 0 Å². The van der Waals surface area contributed by atoms with E-state index in [1.54, 1.807) is 43.5 Å². The van der Waals surface area contributed by atoms with Gasteiger partial charge in [-0.15, -0.1) is 12.4 Å². The van der Waals surface area contributed by atoms with Crippen LogP contribution in [0.15, 0.2) is 53.4 Å². The summed E-state index contributed by atoms with van der Waals surface area (Å²) in [5.74, 6) is 0.552. The van der Waals surface area contributed by atoms with E-state index in [9.17, 15) is 8.42 Å². The summed E-state index contributed by atoms with van der Waals surface area (Å²) < 4.78 is 34.4. The molecule has 0 amide bonds. The van der Waals surface area contributed by atoms with E-state index in [0.717, 1.165) is 22.5 Å². The van der Waals surface area contributed by atoms with Crippen molar-refractivity contribution in [3.8, 4) is 28.3 Å². The Kier molecular flexibility index (Phi) is 7.48. The first-order chi connectivity index (χ1) is 12.9. The quantitative estimate of drug-likeness (QED) is 0.591. The third-order valence-corrected chi connectivity index (χ3v) is 6.10. The highest BCUT2D eigenvalue weighted by Gasteiger charge is 2.15. The minimum atomic E-state index is -3.35. The Morgan fingerprint density at radius 3 is 2.32 bits per heavy atom. The summed E-state index contributed by atoms with van der Waals surface area (Å²) in [5, 5.41) is 7.78. The van der Waals surface area contributed by atoms with Crippen molar-refractivity contribution in [3.05, 3.63) is 53.6 Å². The van der Waals surface area contributed by atoms with Crippen LogP contribution >= 0.6 is 24.0 Å². The van der Waals surface area contributed by atoms with Crippen LogP contribution in [-0.4, -0.2) is 45.2 Å². The van der Waals surface area contributed by atoms with Crippen LogP contribution in [0.5, 0.6) is 5.75 Å². The molecule has 28 heavy (non-hydrogen) atoms. The molecule has 0 aliphatic carbocycles. The second-order valence-electron chi connectivity index (χ2n) is 5.85. The Morgan fingerprint density at radius 2 is 1.71 bits per heavy atom. The Hall–Kier alpha value is -2.06. The molecule has 1 aromatic heterocycles. The zero-order chi connectivity index (χ0) is 19.4. The SMILES string of the molecule is COCCS(=O)(=O)c1ccc(-c2cc(-c3ccc(OC)c(Cl)c3)n[nH]2)cc1.Cl. The van der Waals surface area contributed by atoms with E-state index in [4.69, 9.17) is 21.1 Å². The summed E-state index contributed by atoms with van der Waals surface area (Å²) in [4.78, 5) is 0.268. The first kappa shape index (κ1) is 22.2. The van der Waals surface area contributed by atoms with Crippen LogP contribution in [0, 0.1) is 0 Å². The number of hydrogen-bond acceptors (Lipinski definition) is 5. The Balaban J connectivity index is 0.00000280. The predicted octanol–water partition coefficient (Wildman–Crippen LogP) is 4.25. The van der Waals surface area contributed by atoms with E-state index in [-0.39, 0.29) is 29.7 Å². The lowest BCUT2D eigenvalue weighted by molar-refractivity contribution is 0.217. The number of aromatic nitrogens is 2. The Bertz CT molecular complexity index is 1030. The van der Waals surface area contributed by atoms with Crippen LogP contribution in [0.25, 0.3) is 22.5 Å². The Labute approximate surface area is 175 Å². The Morgan fingerprint density at radius 1 is 1.04 bits per heavy atom. The molecule has 2 aromatic carbocycles. The van der Waals surface area contributed by atoms with Gasteiger partial charge in [0, 0.05) is 12.7 Å². The van der Waals surface area contributed by atoms with Gasteiger partial charge in [-0.25, -0.2) is 8.42 Å². The van der Waals surface area contributed by atoms with Crippen molar-refractivity contribution < 1.29 is 17.9 Å². The number of sulfone groups is 1. The third kappa shape index (κ3) is 4.86. The highest BCUT2D eigenvalue weighted by molar-refractivity contribution is 7.91. The van der Waals surface area contributed by atoms with E-state index in [0.29, 0.717) is 10.8 Å². The summed E-state index contributed by atoms with van der Waals surface area (Å²) in [5.41, 5.74) is 3.19. The van der Waals surface area contributed by atoms with Gasteiger partial charge in [-0.2, -0.15) is 5.10 Å². The van der Waals surface area contributed by atoms with Gasteiger partial charge < -0.3 is 9.47 Å². The van der Waals surface area contributed by atoms with E-state index < -0.39 is 9.84 Å². The molecule has 3 aromatic rings. The average Bonchev–Trinajstić information content (AvgIpc) is 3.16. The molecule has 0 fully saturated rings. The summed E-state index contributed by atoms with van der Waals surface area (Å²) in [6.45, 7) is 0.165. The molecule has 0 bridgehead atoms. The number of nitrogens with one attached hydrogen (secondary N) is 1. The molecule has 1 N–H and O–H groups in total. The fourth-order valence-corrected chi connectivity index (χ4v) is 4.03. The van der Waals surface area contributed by atoms with Gasteiger partial charge in [0.1, 0.15) is 5.75 Å². The molecule has 0 radical (unpaired) electrons. The molecule has 0 saturated heterocycles. The van der Waals surface area contributed by atoms with Gasteiger partial charge in [0.2, 0.25) is 0 Å². The van der Waals surface area contributed by atoms with Gasteiger partial charge in [-0.1, -0.05) is 23.7 Å². The monoisotopic (exact) mass is 442 g/mol. The normalized spacial score (nSPS) is 11.1. The van der Waals surface area contributed by atoms with Crippen molar-refractivity contribution >= 4 is 33.8 Å². The molecule has 1 heterocycles. The molecule has 0 spiro atoms. The van der Waals surface area contributed by atoms with E-state index >= 15 is 0 Å². The fourth-order valence-electron chi connectivity index (χ4n) is 2.60. The van der Waals surface area contributed by atoms with Crippen LogP contribution in [0.4, 0.5) is 0 Å². The lowest BCUT2D eigenvalue weighted by atomic mass is 10.1. The maximum absolute atomic E-state index is 12.2. The number of H-pyrrole nitrogens is 1. The summed E-state index contributed by atoms with van der Waals surface area (Å²) in [6.07, 6.45) is 0. The van der Waals surface area contributed by atoms with E-state index in [2.05, 4.69) is 10.2 Å². The van der Waals surface area contributed by atoms with Gasteiger partial charge in [0.05, 0.1) is 40.8 Å². The van der Waals surface area contributed by atoms with Crippen molar-refractivity contribution in [2.45, 2.75) is 4.90 Å². The minimum absolute atomic E-state index is 0. The number of hydrogen-bond donors (Lipinski definition) is 1. The number of rotatable bonds is 7. The average molecular weight is 443 g/mol. The lowest BCUT2D eigenvalue weighted by Crippen LogP contribution is -2.11. The van der Waals surface area contributed by atoms with Gasteiger partial charge in [-0.05, 0) is 42.0 Å². The van der Waals surface area contributed by atoms with Crippen LogP contribution < -0.4 is 4.74 Å². The van der Waals surface area contributed by atoms with E-state index in [1.165, 1.54) is 7.11 Å². The number of nitrogens with zero attached hydrogens (tertiary/aromatic N) is 1. The molecular weight excluding hydrogens is 423 g/mol. The molecule has 0 aliphatic heterocycles. The molecule has 0 unspecified atom stereocenters. The molecule has 0 atom stereocenters. The maximum atomic E-state index is 12.2. The van der Waals surface area contributed by atoms with Crippen molar-refractivity contribution in [1.82, 2.24) is 10.2 Å². The minimum Gasteiger partial charge on any atom is -0.495 e. The van der Waals surface area contributed by atoms with Gasteiger partial charge in [0.25, 0.3) is 0 Å². The largest absolute Gasteiger partial charge is 0.495 e. The summed E-state index contributed by atoms with van der Waals surface area (Å²) >= 11 is 6.17. The molecular formula is C19H20Cl2N2O4S. The lowest BCUT2D eigenvalue weighted by Gasteiger charge is -2.05. The highest BCUT2D eigenvalue weighted by Crippen LogP contribution is 2.31. The van der Waals surface area contributed by atoms with Crippen LogP contribution in [0.1, 0.15) is 0 Å². The topological polar surface area (TPSA) is 81.3 Å². The number of aromatic amines is 1. The van der Waals surface area contributed by atoms with Gasteiger partial charge in [-0.3, -0.25) is 5.10 Å². The fraction of sp³-hybridized carbons (Fsp3) is 0.211. The first-order valence-electron chi connectivity index (χ1n) is 8.16. The van der Waals surface area contributed by atoms with Crippen molar-refractivity contribution in [3.63, 3.8) is 0 Å². The van der Waals surface area contributed by atoms with Crippen LogP contribution in [0.2, 0.25) is 5.02 Å². The summed E-state index contributed by atoms with van der Waals surface area (Å²) in [6, 6.07) is 14.0. The molecule has 0 aliphatic rings. The number of ether oxygens (including phenoxy) is 2. The molecule has 6 nitrogen and oxygen atoms in total.